The molecule has 42 heavy (non-hydrogen) atoms. The average Bonchev–Trinajstić information content (AvgIpc) is 2.98. The zero-order valence-electron chi connectivity index (χ0n) is 28.4. The summed E-state index contributed by atoms with van der Waals surface area (Å²) in [6.07, 6.45) is 51.1. The molecule has 0 bridgehead atoms. The summed E-state index contributed by atoms with van der Waals surface area (Å²) in [6, 6.07) is 0. The van der Waals surface area contributed by atoms with Crippen LogP contribution in [0.4, 0.5) is 0 Å². The summed E-state index contributed by atoms with van der Waals surface area (Å²) in [5, 5.41) is 3.12. The molecule has 0 saturated heterocycles. The molecule has 0 aromatic carbocycles. The lowest BCUT2D eigenvalue weighted by Gasteiger charge is -2.05. The first kappa shape index (κ1) is 43.0. The Morgan fingerprint density at radius 3 is 0.667 bits per heavy atom. The highest BCUT2D eigenvalue weighted by molar-refractivity contribution is 14.1. The molecule has 0 saturated carbocycles. The molecule has 1 N–H and O–H groups in total. The molecule has 0 aliphatic carbocycles. The first-order valence-electron chi connectivity index (χ1n) is 19.3. The Balaban J connectivity index is 3.03. The highest BCUT2D eigenvalue weighted by Crippen LogP contribution is 2.17. The minimum absolute atomic E-state index is 0.631. The second-order valence-corrected chi connectivity index (χ2v) is 15.5. The molecule has 0 rings (SSSR count). The Bertz CT molecular complexity index is 501. The van der Waals surface area contributed by atoms with Crippen LogP contribution in [0.25, 0.3) is 0 Å². The van der Waals surface area contributed by atoms with Gasteiger partial charge >= 0.3 is 0 Å². The van der Waals surface area contributed by atoms with E-state index < -0.39 is 0 Å². The first-order valence-corrected chi connectivity index (χ1v) is 21.7. The number of unbranched alkanes of at least 4 members (excludes halogenated alkanes) is 34. The van der Waals surface area contributed by atoms with Crippen LogP contribution in [-0.4, -0.2) is 15.3 Å². The van der Waals surface area contributed by atoms with Gasteiger partial charge in [-0.2, -0.15) is 0 Å². The lowest BCUT2D eigenvalue weighted by Crippen LogP contribution is -2.17. The van der Waals surface area contributed by atoms with Crippen LogP contribution in [0, 0.1) is 0 Å². The summed E-state index contributed by atoms with van der Waals surface area (Å²) < 4.78 is 1.97. The maximum atomic E-state index is 4.91. The first-order chi connectivity index (χ1) is 20.8. The zero-order valence-corrected chi connectivity index (χ0v) is 32.3. The highest BCUT2D eigenvalue weighted by atomic mass is 127. The molecule has 0 heterocycles. The van der Waals surface area contributed by atoms with Crippen molar-refractivity contribution in [2.75, 3.05) is 11.0 Å². The van der Waals surface area contributed by atoms with Gasteiger partial charge in [0.05, 0.1) is 0 Å². The van der Waals surface area contributed by atoms with Gasteiger partial charge in [0.25, 0.3) is 0 Å². The molecule has 252 valence electrons. The molecule has 0 spiro atoms. The van der Waals surface area contributed by atoms with Crippen molar-refractivity contribution in [1.29, 1.82) is 0 Å². The molecule has 4 heteroatoms. The van der Waals surface area contributed by atoms with Crippen molar-refractivity contribution in [3.05, 3.63) is 0 Å². The topological polar surface area (TPSA) is 12.0 Å². The number of thiol groups is 1. The fourth-order valence-corrected chi connectivity index (χ4v) is 7.00. The van der Waals surface area contributed by atoms with Crippen LogP contribution in [0.5, 0.6) is 0 Å². The smallest absolute Gasteiger partial charge is 0.130 e. The molecular formula is C38H76INS2. The summed E-state index contributed by atoms with van der Waals surface area (Å²) in [7, 11) is 0. The van der Waals surface area contributed by atoms with E-state index in [4.69, 9.17) is 12.2 Å². The maximum absolute atomic E-state index is 4.91. The van der Waals surface area contributed by atoms with E-state index in [9.17, 15) is 0 Å². The van der Waals surface area contributed by atoms with Crippen LogP contribution in [-0.2, 0) is 0 Å². The van der Waals surface area contributed by atoms with Crippen LogP contribution in [0.1, 0.15) is 225 Å². The summed E-state index contributed by atoms with van der Waals surface area (Å²) >= 11 is 11.5. The Kier molecular flexibility index (Phi) is 40.9. The van der Waals surface area contributed by atoms with E-state index in [1.807, 2.05) is 0 Å². The van der Waals surface area contributed by atoms with Gasteiger partial charge in [0.15, 0.2) is 0 Å². The average molecular weight is 738 g/mol. The third-order valence-corrected chi connectivity index (χ3v) is 10.2. The lowest BCUT2D eigenvalue weighted by atomic mass is 10.0. The lowest BCUT2D eigenvalue weighted by molar-refractivity contribution is 0.511. The number of hydrogen-bond donors (Lipinski definition) is 2. The molecule has 0 amide bonds. The maximum Gasteiger partial charge on any atom is 0.130 e. The van der Waals surface area contributed by atoms with Crippen LogP contribution < -0.4 is 5.32 Å². The second kappa shape index (κ2) is 40.0. The largest absolute Gasteiger partial charge is 0.371 e. The molecule has 0 aliphatic rings. The molecule has 0 aromatic rings. The van der Waals surface area contributed by atoms with Gasteiger partial charge in [-0.15, -0.1) is 12.6 Å². The number of rotatable bonds is 37. The van der Waals surface area contributed by atoms with Gasteiger partial charge < -0.3 is 5.32 Å². The van der Waals surface area contributed by atoms with E-state index in [2.05, 4.69) is 40.5 Å². The summed E-state index contributed by atoms with van der Waals surface area (Å²) in [5.41, 5.74) is 0. The molecule has 0 aromatic heterocycles. The van der Waals surface area contributed by atoms with Crippen LogP contribution in [0.2, 0.25) is 0 Å². The monoisotopic (exact) mass is 737 g/mol. The van der Waals surface area contributed by atoms with Crippen molar-refractivity contribution in [1.82, 2.24) is 5.32 Å². The zero-order chi connectivity index (χ0) is 30.4. The van der Waals surface area contributed by atoms with Gasteiger partial charge in [0.1, 0.15) is 4.32 Å². The van der Waals surface area contributed by atoms with Crippen molar-refractivity contribution >= 4 is 51.8 Å². The molecule has 0 radical (unpaired) electrons. The van der Waals surface area contributed by atoms with Crippen molar-refractivity contribution in [2.45, 2.75) is 225 Å². The van der Waals surface area contributed by atoms with Crippen LogP contribution in [0.15, 0.2) is 0 Å². The quantitative estimate of drug-likeness (QED) is 0.0216. The number of nitrogens with one attached hydrogen (secondary N) is 1. The van der Waals surface area contributed by atoms with Crippen molar-refractivity contribution in [3.63, 3.8) is 0 Å². The van der Waals surface area contributed by atoms with E-state index in [0.717, 1.165) is 6.54 Å². The van der Waals surface area contributed by atoms with Gasteiger partial charge in [0, 0.05) is 6.54 Å². The molecule has 0 atom stereocenters. The highest BCUT2D eigenvalue weighted by Gasteiger charge is 1.98. The Morgan fingerprint density at radius 2 is 0.500 bits per heavy atom. The fourth-order valence-electron chi connectivity index (χ4n) is 6.25. The van der Waals surface area contributed by atoms with E-state index in [0.29, 0.717) is 4.32 Å². The fraction of sp³-hybridized carbons (Fsp3) is 0.974. The predicted molar refractivity (Wildman–Crippen MR) is 210 cm³/mol. The van der Waals surface area contributed by atoms with Crippen LogP contribution in [0.3, 0.4) is 0 Å². The third-order valence-electron chi connectivity index (χ3n) is 9.09. The van der Waals surface area contributed by atoms with Gasteiger partial charge in [-0.05, 0) is 17.3 Å². The molecule has 1 nitrogen and oxygen atoms in total. The Morgan fingerprint density at radius 1 is 0.333 bits per heavy atom. The van der Waals surface area contributed by atoms with Gasteiger partial charge in [-0.25, -0.2) is 0 Å². The third kappa shape index (κ3) is 41.0. The molecular weight excluding hydrogens is 661 g/mol. The molecule has 0 fully saturated rings. The molecule has 0 aliphatic heterocycles. The van der Waals surface area contributed by atoms with E-state index in [-0.39, 0.29) is 0 Å². The van der Waals surface area contributed by atoms with Crippen molar-refractivity contribution < 1.29 is 0 Å². The van der Waals surface area contributed by atoms with Crippen LogP contribution >= 0.6 is 47.4 Å². The Hall–Kier alpha value is 0.970. The normalized spacial score (nSPS) is 11.4. The Labute approximate surface area is 291 Å². The standard InChI is InChI=1S/C38H76INS2/c39-36-34-32-30-28-26-24-22-20-18-16-14-12-10-8-6-4-2-1-3-5-7-9-11-13-15-17-19-21-23-25-27-29-31-33-35-37-40-38(41)42/h1-37H2,(H2,40,41,42). The van der Waals surface area contributed by atoms with E-state index in [1.54, 1.807) is 0 Å². The summed E-state index contributed by atoms with van der Waals surface area (Å²) in [6.45, 7) is 0.988. The predicted octanol–water partition coefficient (Wildman–Crippen LogP) is 14.9. The van der Waals surface area contributed by atoms with E-state index in [1.165, 1.54) is 229 Å². The number of alkyl halides is 1. The molecule has 0 unspecified atom stereocenters. The van der Waals surface area contributed by atoms with Gasteiger partial charge in [-0.3, -0.25) is 0 Å². The van der Waals surface area contributed by atoms with Crippen molar-refractivity contribution in [3.8, 4) is 0 Å². The summed E-state index contributed by atoms with van der Waals surface area (Å²) in [4.78, 5) is 0. The minimum atomic E-state index is 0.631. The minimum Gasteiger partial charge on any atom is -0.371 e. The van der Waals surface area contributed by atoms with Gasteiger partial charge in [-0.1, -0.05) is 247 Å². The summed E-state index contributed by atoms with van der Waals surface area (Å²) in [5.74, 6) is 0. The van der Waals surface area contributed by atoms with Gasteiger partial charge in [0.2, 0.25) is 0 Å². The SMILES string of the molecule is S=C(S)NCCCCCCCCCCCCCCCCCCCCCCCCCCCCCCCCCCCCCI. The number of halogens is 1. The van der Waals surface area contributed by atoms with Crippen molar-refractivity contribution in [2.24, 2.45) is 0 Å². The number of thiocarbonyl (C=S) groups is 1. The second-order valence-electron chi connectivity index (χ2n) is 13.3. The van der Waals surface area contributed by atoms with E-state index >= 15 is 0 Å². The number of hydrogen-bond acceptors (Lipinski definition) is 1.